The van der Waals surface area contributed by atoms with Crippen LogP contribution in [0.25, 0.3) is 98.8 Å². The van der Waals surface area contributed by atoms with Crippen LogP contribution in [0.15, 0.2) is 166 Å². The van der Waals surface area contributed by atoms with Gasteiger partial charge in [-0.3, -0.25) is 0 Å². The van der Waals surface area contributed by atoms with Crippen LogP contribution in [0, 0.1) is 0 Å². The molecule has 0 fully saturated rings. The normalized spacial score (nSPS) is 16.5. The number of hydrogen-bond acceptors (Lipinski definition) is 2. The van der Waals surface area contributed by atoms with E-state index < -0.39 is 113 Å². The maximum atomic E-state index is 9.59. The zero-order valence-corrected chi connectivity index (χ0v) is 23.7. The number of para-hydroxylation sites is 1. The second-order valence-corrected chi connectivity index (χ2v) is 10.8. The summed E-state index contributed by atoms with van der Waals surface area (Å²) in [5.74, 6) is 0.191. The minimum atomic E-state index is -0.775. The summed E-state index contributed by atoms with van der Waals surface area (Å²) in [7, 11) is 0. The number of hydrogen-bond donors (Lipinski definition) is 0. The first-order chi connectivity index (χ1) is 29.1. The van der Waals surface area contributed by atoms with Crippen LogP contribution in [0.4, 0.5) is 0 Å². The standard InChI is InChI=1S/C44H26O2/c1-2-14-28(15-3-1)43-42(36-25-26-38-41(44(36)46-43)35-22-10-11-24-37(35)45-38)40-33-20-8-6-18-31(33)39(32-19-7-9-21-34(32)40)30-23-12-16-27-13-4-5-17-29(27)30/h1-26H/i4D,5D,6D,7D,8D,9D,12D,13D,16D,17D,18D,19D,20D,21D,23D. The summed E-state index contributed by atoms with van der Waals surface area (Å²) >= 11 is 0. The monoisotopic (exact) mass is 601 g/mol. The summed E-state index contributed by atoms with van der Waals surface area (Å²) in [5.41, 5.74) is 1.18. The molecule has 0 spiro atoms. The molecule has 2 heterocycles. The fourth-order valence-electron chi connectivity index (χ4n) is 6.53. The van der Waals surface area contributed by atoms with E-state index in [4.69, 9.17) is 22.5 Å². The average Bonchev–Trinajstić information content (AvgIpc) is 3.84. The minimum Gasteiger partial charge on any atom is -0.456 e. The third-order valence-corrected chi connectivity index (χ3v) is 8.42. The van der Waals surface area contributed by atoms with Crippen molar-refractivity contribution in [3.05, 3.63) is 157 Å². The molecule has 0 atom stereocenters. The molecule has 0 radical (unpaired) electrons. The molecule has 0 N–H and O–H groups in total. The van der Waals surface area contributed by atoms with Crippen LogP contribution in [-0.4, -0.2) is 0 Å². The molecule has 46 heavy (non-hydrogen) atoms. The van der Waals surface area contributed by atoms with E-state index in [0.29, 0.717) is 38.5 Å². The van der Waals surface area contributed by atoms with Gasteiger partial charge in [-0.25, -0.2) is 0 Å². The van der Waals surface area contributed by atoms with Gasteiger partial charge < -0.3 is 8.83 Å². The molecule has 10 aromatic rings. The Bertz CT molecular complexity index is 3560. The fraction of sp³-hybridized carbons (Fsp3) is 0. The maximum Gasteiger partial charge on any atom is 0.147 e. The van der Waals surface area contributed by atoms with E-state index in [-0.39, 0.29) is 38.4 Å². The molecule has 0 bridgehead atoms. The molecule has 0 aliphatic carbocycles. The van der Waals surface area contributed by atoms with Crippen molar-refractivity contribution in [3.63, 3.8) is 0 Å². The Balaban J connectivity index is 1.57. The number of furan rings is 2. The Kier molecular flexibility index (Phi) is 3.11. The molecular weight excluding hydrogens is 560 g/mol. The summed E-state index contributed by atoms with van der Waals surface area (Å²) in [6, 6.07) is 9.02. The van der Waals surface area contributed by atoms with Crippen LogP contribution in [0.2, 0.25) is 0 Å². The second kappa shape index (κ2) is 9.69. The Morgan fingerprint density at radius 3 is 1.80 bits per heavy atom. The first-order valence-corrected chi connectivity index (χ1v) is 14.5. The van der Waals surface area contributed by atoms with E-state index in [9.17, 15) is 6.85 Å². The maximum absolute atomic E-state index is 9.59. The zero-order valence-electron chi connectivity index (χ0n) is 38.7. The Hall–Kier alpha value is -6.12. The summed E-state index contributed by atoms with van der Waals surface area (Å²) in [5, 5.41) is -0.361. The molecule has 0 saturated carbocycles. The van der Waals surface area contributed by atoms with Gasteiger partial charge in [-0.2, -0.15) is 0 Å². The molecular formula is C44H26O2. The first-order valence-electron chi connectivity index (χ1n) is 22.0. The summed E-state index contributed by atoms with van der Waals surface area (Å²) in [4.78, 5) is 0. The second-order valence-electron chi connectivity index (χ2n) is 10.8. The van der Waals surface area contributed by atoms with E-state index >= 15 is 0 Å². The molecule has 0 amide bonds. The van der Waals surface area contributed by atoms with E-state index in [1.807, 2.05) is 18.2 Å². The highest BCUT2D eigenvalue weighted by molar-refractivity contribution is 6.28. The molecule has 10 rings (SSSR count). The van der Waals surface area contributed by atoms with Crippen molar-refractivity contribution in [2.24, 2.45) is 0 Å². The Labute approximate surface area is 285 Å². The van der Waals surface area contributed by atoms with Gasteiger partial charge in [0.15, 0.2) is 0 Å². The highest BCUT2D eigenvalue weighted by Gasteiger charge is 2.26. The topological polar surface area (TPSA) is 26.3 Å². The van der Waals surface area contributed by atoms with Gasteiger partial charge in [-0.15, -0.1) is 0 Å². The minimum absolute atomic E-state index is 0.0570. The molecule has 0 aliphatic rings. The third kappa shape index (κ3) is 3.53. The lowest BCUT2D eigenvalue weighted by atomic mass is 9.83. The average molecular weight is 602 g/mol. The largest absolute Gasteiger partial charge is 0.456 e. The van der Waals surface area contributed by atoms with Crippen molar-refractivity contribution in [2.45, 2.75) is 0 Å². The van der Waals surface area contributed by atoms with Gasteiger partial charge in [0.2, 0.25) is 0 Å². The van der Waals surface area contributed by atoms with E-state index in [0.717, 1.165) is 0 Å². The fourth-order valence-corrected chi connectivity index (χ4v) is 6.53. The molecule has 0 saturated heterocycles. The quantitative estimate of drug-likeness (QED) is 0.188. The molecule has 0 aliphatic heterocycles. The van der Waals surface area contributed by atoms with Gasteiger partial charge >= 0.3 is 0 Å². The summed E-state index contributed by atoms with van der Waals surface area (Å²) in [6.07, 6.45) is 0. The van der Waals surface area contributed by atoms with Crippen molar-refractivity contribution >= 4 is 65.2 Å². The Morgan fingerprint density at radius 1 is 0.413 bits per heavy atom. The number of benzene rings is 8. The molecule has 8 aromatic carbocycles. The summed E-state index contributed by atoms with van der Waals surface area (Å²) in [6.45, 7) is 0. The SMILES string of the molecule is [2H]c1c([2H])c([2H])c2c(-c3c4c([2H])c([2H])c([2H])c([2H])c4c(-c4c(-c5ccccc5)oc5c4ccc4oc6ccccc6c45)c4c([2H])c([2H])c([2H])c([2H])c34)c([2H])c([2H])c([2H])c2c1[2H]. The van der Waals surface area contributed by atoms with Crippen LogP contribution in [0.1, 0.15) is 20.6 Å². The predicted octanol–water partition coefficient (Wildman–Crippen LogP) is 12.8. The number of fused-ring (bicyclic) bond motifs is 8. The van der Waals surface area contributed by atoms with Crippen LogP contribution < -0.4 is 0 Å². The highest BCUT2D eigenvalue weighted by atomic mass is 16.3. The van der Waals surface area contributed by atoms with E-state index in [1.165, 1.54) is 0 Å². The van der Waals surface area contributed by atoms with E-state index in [2.05, 4.69) is 0 Å². The molecule has 0 unspecified atom stereocenters. The van der Waals surface area contributed by atoms with Gasteiger partial charge in [-0.05, 0) is 61.6 Å². The van der Waals surface area contributed by atoms with Crippen LogP contribution in [-0.2, 0) is 0 Å². The van der Waals surface area contributed by atoms with Gasteiger partial charge in [0.05, 0.1) is 25.9 Å². The van der Waals surface area contributed by atoms with E-state index in [1.54, 1.807) is 48.5 Å². The van der Waals surface area contributed by atoms with Gasteiger partial charge in [-0.1, -0.05) is 139 Å². The lowest BCUT2D eigenvalue weighted by Gasteiger charge is -2.19. The summed E-state index contributed by atoms with van der Waals surface area (Å²) < 4.78 is 149. The number of rotatable bonds is 3. The first kappa shape index (κ1) is 14.8. The van der Waals surface area contributed by atoms with Crippen LogP contribution >= 0.6 is 0 Å². The van der Waals surface area contributed by atoms with Gasteiger partial charge in [0.25, 0.3) is 0 Å². The van der Waals surface area contributed by atoms with Crippen LogP contribution in [0.3, 0.4) is 0 Å². The van der Waals surface area contributed by atoms with Crippen molar-refractivity contribution in [1.29, 1.82) is 0 Å². The lowest BCUT2D eigenvalue weighted by Crippen LogP contribution is -1.92. The molecule has 2 heteroatoms. The lowest BCUT2D eigenvalue weighted by molar-refractivity contribution is 0.634. The smallest absolute Gasteiger partial charge is 0.147 e. The third-order valence-electron chi connectivity index (χ3n) is 8.42. The molecule has 2 nitrogen and oxygen atoms in total. The molecule has 2 aromatic heterocycles. The van der Waals surface area contributed by atoms with Crippen LogP contribution in [0.5, 0.6) is 0 Å². The van der Waals surface area contributed by atoms with Gasteiger partial charge in [0, 0.05) is 27.5 Å². The van der Waals surface area contributed by atoms with Gasteiger partial charge in [0.1, 0.15) is 22.5 Å². The van der Waals surface area contributed by atoms with Crippen molar-refractivity contribution < 1.29 is 29.4 Å². The van der Waals surface area contributed by atoms with Crippen molar-refractivity contribution in [2.75, 3.05) is 0 Å². The Morgan fingerprint density at radius 2 is 1.04 bits per heavy atom. The van der Waals surface area contributed by atoms with Crippen molar-refractivity contribution in [3.8, 4) is 33.6 Å². The predicted molar refractivity (Wildman–Crippen MR) is 192 cm³/mol. The zero-order chi connectivity index (χ0) is 43.2. The highest BCUT2D eigenvalue weighted by Crippen LogP contribution is 2.51. The van der Waals surface area contributed by atoms with Crippen molar-refractivity contribution in [1.82, 2.24) is 0 Å². The molecule has 214 valence electrons.